The summed E-state index contributed by atoms with van der Waals surface area (Å²) < 4.78 is 5.66. The molecule has 1 aliphatic rings. The largest absolute Gasteiger partial charge is 0.481 e. The number of carboxylic acids is 1. The predicted octanol–water partition coefficient (Wildman–Crippen LogP) is 0.857. The zero-order chi connectivity index (χ0) is 15.0. The molecule has 0 spiro atoms. The molecule has 1 heterocycles. The molecule has 1 saturated heterocycles. The molecule has 6 heteroatoms. The average molecular weight is 286 g/mol. The number of nitrogens with one attached hydrogen (secondary N) is 1. The molecule has 0 aromatic heterocycles. The summed E-state index contributed by atoms with van der Waals surface area (Å²) in [5.41, 5.74) is 0. The Morgan fingerprint density at radius 3 is 2.55 bits per heavy atom. The van der Waals surface area contributed by atoms with Crippen LogP contribution in [0, 0.1) is 0 Å². The van der Waals surface area contributed by atoms with Gasteiger partial charge >= 0.3 is 5.97 Å². The molecular weight excluding hydrogens is 260 g/mol. The van der Waals surface area contributed by atoms with Crippen molar-refractivity contribution >= 4 is 11.9 Å². The molecule has 1 aliphatic heterocycles. The third kappa shape index (κ3) is 6.34. The Kier molecular flexibility index (Phi) is 7.54. The van der Waals surface area contributed by atoms with Gasteiger partial charge in [0.1, 0.15) is 6.61 Å². The van der Waals surface area contributed by atoms with Gasteiger partial charge < -0.3 is 20.1 Å². The number of nitrogens with zero attached hydrogens (tertiary/aromatic N) is 1. The zero-order valence-electron chi connectivity index (χ0n) is 12.4. The summed E-state index contributed by atoms with van der Waals surface area (Å²) in [6.45, 7) is 6.30. The summed E-state index contributed by atoms with van der Waals surface area (Å²) in [6.07, 6.45) is 2.61. The molecule has 0 saturated carbocycles. The van der Waals surface area contributed by atoms with Crippen molar-refractivity contribution in [2.24, 2.45) is 0 Å². The van der Waals surface area contributed by atoms with E-state index < -0.39 is 5.97 Å². The number of rotatable bonds is 8. The van der Waals surface area contributed by atoms with Gasteiger partial charge in [0.05, 0.1) is 6.10 Å². The zero-order valence-corrected chi connectivity index (χ0v) is 12.4. The second kappa shape index (κ2) is 8.92. The lowest BCUT2D eigenvalue weighted by Crippen LogP contribution is -2.41. The highest BCUT2D eigenvalue weighted by Gasteiger charge is 2.20. The van der Waals surface area contributed by atoms with Gasteiger partial charge in [0.2, 0.25) is 5.91 Å². The van der Waals surface area contributed by atoms with E-state index in [4.69, 9.17) is 9.84 Å². The Hall–Kier alpha value is -1.14. The molecule has 0 bridgehead atoms. The van der Waals surface area contributed by atoms with E-state index in [-0.39, 0.29) is 31.1 Å². The van der Waals surface area contributed by atoms with Crippen molar-refractivity contribution in [1.82, 2.24) is 10.2 Å². The Morgan fingerprint density at radius 1 is 1.35 bits per heavy atom. The number of aliphatic carboxylic acids is 1. The summed E-state index contributed by atoms with van der Waals surface area (Å²) >= 11 is 0. The van der Waals surface area contributed by atoms with Crippen molar-refractivity contribution in [1.29, 1.82) is 0 Å². The van der Waals surface area contributed by atoms with Gasteiger partial charge in [-0.2, -0.15) is 0 Å². The van der Waals surface area contributed by atoms with Gasteiger partial charge in [-0.05, 0) is 46.2 Å². The summed E-state index contributed by atoms with van der Waals surface area (Å²) in [5, 5.41) is 11.9. The number of ether oxygens (including phenoxy) is 1. The Bertz CT molecular complexity index is 314. The monoisotopic (exact) mass is 286 g/mol. The fraction of sp³-hybridized carbons (Fsp3) is 0.857. The minimum atomic E-state index is -0.827. The number of carboxylic acid groups (broad SMARTS) is 1. The van der Waals surface area contributed by atoms with Crippen LogP contribution in [0.1, 0.15) is 39.5 Å². The van der Waals surface area contributed by atoms with Crippen LogP contribution >= 0.6 is 0 Å². The van der Waals surface area contributed by atoms with Gasteiger partial charge in [0.15, 0.2) is 0 Å². The minimum Gasteiger partial charge on any atom is -0.481 e. The molecule has 0 aromatic rings. The highest BCUT2D eigenvalue weighted by Crippen LogP contribution is 2.09. The molecular formula is C14H26N2O4. The maximum absolute atomic E-state index is 12.1. The van der Waals surface area contributed by atoms with Gasteiger partial charge in [-0.1, -0.05) is 0 Å². The maximum atomic E-state index is 12.1. The smallest absolute Gasteiger partial charge is 0.303 e. The third-order valence-electron chi connectivity index (χ3n) is 3.46. The highest BCUT2D eigenvalue weighted by atomic mass is 16.5. The number of hydrogen-bond acceptors (Lipinski definition) is 4. The molecule has 116 valence electrons. The van der Waals surface area contributed by atoms with E-state index in [0.717, 1.165) is 25.9 Å². The van der Waals surface area contributed by atoms with Crippen LogP contribution in [0.25, 0.3) is 0 Å². The predicted molar refractivity (Wildman–Crippen MR) is 75.6 cm³/mol. The summed E-state index contributed by atoms with van der Waals surface area (Å²) in [4.78, 5) is 24.4. The summed E-state index contributed by atoms with van der Waals surface area (Å²) in [5.74, 6) is -0.879. The van der Waals surface area contributed by atoms with Crippen LogP contribution in [-0.2, 0) is 14.3 Å². The molecule has 1 fully saturated rings. The van der Waals surface area contributed by atoms with Crippen molar-refractivity contribution in [3.05, 3.63) is 0 Å². The SMILES string of the molecule is CC(C)N(CCCC(=O)O)C(=O)COC1CCNCC1. The lowest BCUT2D eigenvalue weighted by molar-refractivity contribution is -0.142. The Morgan fingerprint density at radius 2 is 2.00 bits per heavy atom. The maximum Gasteiger partial charge on any atom is 0.303 e. The molecule has 0 unspecified atom stereocenters. The molecule has 0 radical (unpaired) electrons. The molecule has 6 nitrogen and oxygen atoms in total. The molecule has 0 aromatic carbocycles. The normalized spacial score (nSPS) is 16.4. The lowest BCUT2D eigenvalue weighted by atomic mass is 10.1. The van der Waals surface area contributed by atoms with E-state index in [0.29, 0.717) is 13.0 Å². The first-order valence-corrected chi connectivity index (χ1v) is 7.34. The van der Waals surface area contributed by atoms with Gasteiger partial charge in [-0.25, -0.2) is 0 Å². The molecule has 20 heavy (non-hydrogen) atoms. The molecule has 0 atom stereocenters. The van der Waals surface area contributed by atoms with Crippen molar-refractivity contribution in [3.63, 3.8) is 0 Å². The van der Waals surface area contributed by atoms with Crippen molar-refractivity contribution in [2.75, 3.05) is 26.2 Å². The van der Waals surface area contributed by atoms with E-state index in [2.05, 4.69) is 5.32 Å². The first-order chi connectivity index (χ1) is 9.50. The number of amides is 1. The fourth-order valence-corrected chi connectivity index (χ4v) is 2.31. The van der Waals surface area contributed by atoms with Crippen LogP contribution in [0.4, 0.5) is 0 Å². The van der Waals surface area contributed by atoms with Gasteiger partial charge in [0.25, 0.3) is 0 Å². The standard InChI is InChI=1S/C14H26N2O4/c1-11(2)16(9-3-4-14(18)19)13(17)10-20-12-5-7-15-8-6-12/h11-12,15H,3-10H2,1-2H3,(H,18,19). The van der Waals surface area contributed by atoms with Crippen LogP contribution in [0.3, 0.4) is 0 Å². The quantitative estimate of drug-likeness (QED) is 0.692. The second-order valence-electron chi connectivity index (χ2n) is 5.44. The van der Waals surface area contributed by atoms with Crippen molar-refractivity contribution < 1.29 is 19.4 Å². The average Bonchev–Trinajstić information content (AvgIpc) is 2.41. The molecule has 0 aliphatic carbocycles. The van der Waals surface area contributed by atoms with Crippen LogP contribution < -0.4 is 5.32 Å². The van der Waals surface area contributed by atoms with Gasteiger partial charge in [-0.15, -0.1) is 0 Å². The molecule has 1 rings (SSSR count). The number of carbonyl (C=O) groups excluding carboxylic acids is 1. The lowest BCUT2D eigenvalue weighted by Gasteiger charge is -2.28. The van der Waals surface area contributed by atoms with Crippen LogP contribution in [0.5, 0.6) is 0 Å². The highest BCUT2D eigenvalue weighted by molar-refractivity contribution is 5.77. The second-order valence-corrected chi connectivity index (χ2v) is 5.44. The van der Waals surface area contributed by atoms with E-state index in [9.17, 15) is 9.59 Å². The topological polar surface area (TPSA) is 78.9 Å². The van der Waals surface area contributed by atoms with Crippen molar-refractivity contribution in [3.8, 4) is 0 Å². The Labute approximate surface area is 120 Å². The Balaban J connectivity index is 2.32. The molecule has 1 amide bonds. The van der Waals surface area contributed by atoms with E-state index in [1.54, 1.807) is 4.90 Å². The number of carbonyl (C=O) groups is 2. The number of hydrogen-bond donors (Lipinski definition) is 2. The molecule has 2 N–H and O–H groups in total. The van der Waals surface area contributed by atoms with E-state index in [1.165, 1.54) is 0 Å². The van der Waals surface area contributed by atoms with Crippen LogP contribution in [0.2, 0.25) is 0 Å². The fourth-order valence-electron chi connectivity index (χ4n) is 2.31. The van der Waals surface area contributed by atoms with Crippen LogP contribution in [-0.4, -0.2) is 60.3 Å². The first-order valence-electron chi connectivity index (χ1n) is 7.34. The van der Waals surface area contributed by atoms with Gasteiger partial charge in [0, 0.05) is 19.0 Å². The summed E-state index contributed by atoms with van der Waals surface area (Å²) in [7, 11) is 0. The summed E-state index contributed by atoms with van der Waals surface area (Å²) in [6, 6.07) is 0.0629. The van der Waals surface area contributed by atoms with Crippen molar-refractivity contribution in [2.45, 2.75) is 51.7 Å². The van der Waals surface area contributed by atoms with Crippen LogP contribution in [0.15, 0.2) is 0 Å². The first kappa shape index (κ1) is 16.9. The number of piperidine rings is 1. The van der Waals surface area contributed by atoms with E-state index in [1.807, 2.05) is 13.8 Å². The third-order valence-corrected chi connectivity index (χ3v) is 3.46. The van der Waals surface area contributed by atoms with Gasteiger partial charge in [-0.3, -0.25) is 9.59 Å². The minimum absolute atomic E-state index is 0.0519. The van der Waals surface area contributed by atoms with E-state index >= 15 is 0 Å².